The number of hydrogen-bond donors (Lipinski definition) is 7. The van der Waals surface area contributed by atoms with Crippen LogP contribution in [-0.2, 0) is 9.59 Å². The second kappa shape index (κ2) is 7.36. The number of rotatable bonds is 6. The summed E-state index contributed by atoms with van der Waals surface area (Å²) in [7, 11) is 0. The van der Waals surface area contributed by atoms with Crippen molar-refractivity contribution in [3.05, 3.63) is 0 Å². The van der Waals surface area contributed by atoms with Crippen LogP contribution >= 0.6 is 0 Å². The van der Waals surface area contributed by atoms with Crippen LogP contribution in [0.3, 0.4) is 0 Å². The summed E-state index contributed by atoms with van der Waals surface area (Å²) in [6.07, 6.45) is -10.1. The maximum Gasteiger partial charge on any atom is 0.258 e. The molecule has 0 saturated carbocycles. The maximum atomic E-state index is 11.1. The lowest BCUT2D eigenvalue weighted by molar-refractivity contribution is -0.158. The first-order valence-corrected chi connectivity index (χ1v) is 5.05. The third kappa shape index (κ3) is 4.64. The van der Waals surface area contributed by atoms with Gasteiger partial charge in [0.1, 0.15) is 24.4 Å². The molecule has 2 amide bonds. The highest BCUT2D eigenvalue weighted by atomic mass is 16.4. The first kappa shape index (κ1) is 16.9. The Kier molecular flexibility index (Phi) is 6.91. The first-order chi connectivity index (χ1) is 8.22. The minimum absolute atomic E-state index is 0.781. The Morgan fingerprint density at radius 2 is 1.50 bits per heavy atom. The Morgan fingerprint density at radius 3 is 1.89 bits per heavy atom. The van der Waals surface area contributed by atoms with Crippen LogP contribution in [0.2, 0.25) is 0 Å². The molecule has 0 aromatic heterocycles. The SMILES string of the molecule is CC(=O)NC(=O)[C@H](O)[C@H](O)[C@@H](O)[C@H](O)[C@H](O)CO. The number of hydrogen-bond acceptors (Lipinski definition) is 8. The van der Waals surface area contributed by atoms with Crippen LogP contribution in [0, 0.1) is 0 Å². The smallest absolute Gasteiger partial charge is 0.258 e. The number of nitrogens with one attached hydrogen (secondary N) is 1. The fraction of sp³-hybridized carbons (Fsp3) is 0.778. The molecule has 0 rings (SSSR count). The highest BCUT2D eigenvalue weighted by molar-refractivity contribution is 5.96. The van der Waals surface area contributed by atoms with Gasteiger partial charge in [-0.05, 0) is 0 Å². The molecule has 0 aliphatic rings. The van der Waals surface area contributed by atoms with Crippen LogP contribution < -0.4 is 5.32 Å². The first-order valence-electron chi connectivity index (χ1n) is 5.05. The van der Waals surface area contributed by atoms with E-state index in [0.29, 0.717) is 0 Å². The summed E-state index contributed by atoms with van der Waals surface area (Å²) in [5, 5.41) is 56.4. The van der Waals surface area contributed by atoms with Gasteiger partial charge < -0.3 is 30.6 Å². The summed E-state index contributed by atoms with van der Waals surface area (Å²) in [5.41, 5.74) is 0. The largest absolute Gasteiger partial charge is 0.394 e. The van der Waals surface area contributed by atoms with Crippen molar-refractivity contribution in [2.75, 3.05) is 6.61 Å². The van der Waals surface area contributed by atoms with Crippen LogP contribution in [0.15, 0.2) is 0 Å². The van der Waals surface area contributed by atoms with Gasteiger partial charge >= 0.3 is 0 Å². The molecule has 9 nitrogen and oxygen atoms in total. The summed E-state index contributed by atoms with van der Waals surface area (Å²) in [5.74, 6) is -2.04. The topological polar surface area (TPSA) is 168 Å². The molecular weight excluding hydrogens is 250 g/mol. The van der Waals surface area contributed by atoms with Gasteiger partial charge in [0.25, 0.3) is 5.91 Å². The lowest BCUT2D eigenvalue weighted by atomic mass is 9.99. The molecule has 0 aromatic rings. The molecule has 18 heavy (non-hydrogen) atoms. The Morgan fingerprint density at radius 1 is 1.00 bits per heavy atom. The molecule has 0 aliphatic heterocycles. The van der Waals surface area contributed by atoms with Gasteiger partial charge in [0.15, 0.2) is 6.10 Å². The molecule has 7 N–H and O–H groups in total. The minimum atomic E-state index is -2.18. The van der Waals surface area contributed by atoms with E-state index in [-0.39, 0.29) is 0 Å². The second-order valence-electron chi connectivity index (χ2n) is 3.71. The van der Waals surface area contributed by atoms with E-state index in [2.05, 4.69) is 0 Å². The number of aliphatic hydroxyl groups is 6. The number of amides is 2. The zero-order valence-corrected chi connectivity index (χ0v) is 9.59. The van der Waals surface area contributed by atoms with Crippen molar-refractivity contribution in [2.45, 2.75) is 37.4 Å². The highest BCUT2D eigenvalue weighted by Gasteiger charge is 2.37. The molecular formula is C9H17NO8. The van der Waals surface area contributed by atoms with Crippen LogP contribution in [-0.4, -0.2) is 79.6 Å². The number of carbonyl (C=O) groups is 2. The van der Waals surface area contributed by atoms with Gasteiger partial charge in [0.2, 0.25) is 5.91 Å². The van der Waals surface area contributed by atoms with E-state index in [1.165, 1.54) is 0 Å². The Balaban J connectivity index is 4.57. The van der Waals surface area contributed by atoms with E-state index in [4.69, 9.17) is 10.2 Å². The van der Waals surface area contributed by atoms with Gasteiger partial charge in [0.05, 0.1) is 6.61 Å². The molecule has 0 fully saturated rings. The zero-order valence-electron chi connectivity index (χ0n) is 9.59. The lowest BCUT2D eigenvalue weighted by Crippen LogP contribution is -2.54. The summed E-state index contributed by atoms with van der Waals surface area (Å²) >= 11 is 0. The normalized spacial score (nSPS) is 19.5. The molecule has 0 aliphatic carbocycles. The molecule has 0 radical (unpaired) electrons. The van der Waals surface area contributed by atoms with E-state index >= 15 is 0 Å². The predicted octanol–water partition coefficient (Wildman–Crippen LogP) is -4.55. The summed E-state index contributed by atoms with van der Waals surface area (Å²) < 4.78 is 0. The number of aliphatic hydroxyl groups excluding tert-OH is 6. The molecule has 5 atom stereocenters. The fourth-order valence-corrected chi connectivity index (χ4v) is 1.13. The van der Waals surface area contributed by atoms with Gasteiger partial charge in [0, 0.05) is 6.92 Å². The quantitative estimate of drug-likeness (QED) is 0.252. The van der Waals surface area contributed by atoms with Gasteiger partial charge in [-0.2, -0.15) is 0 Å². The van der Waals surface area contributed by atoms with Crippen LogP contribution in [0.4, 0.5) is 0 Å². The molecule has 0 bridgehead atoms. The Labute approximate surface area is 102 Å². The Bertz CT molecular complexity index is 296. The van der Waals surface area contributed by atoms with Crippen molar-refractivity contribution in [3.63, 3.8) is 0 Å². The van der Waals surface area contributed by atoms with Crippen molar-refractivity contribution in [1.82, 2.24) is 5.32 Å². The van der Waals surface area contributed by atoms with Gasteiger partial charge in [-0.25, -0.2) is 0 Å². The van der Waals surface area contributed by atoms with Gasteiger partial charge in [-0.15, -0.1) is 0 Å². The van der Waals surface area contributed by atoms with Crippen molar-refractivity contribution in [2.24, 2.45) is 0 Å². The Hall–Kier alpha value is -1.10. The predicted molar refractivity (Wildman–Crippen MR) is 55.9 cm³/mol. The third-order valence-corrected chi connectivity index (χ3v) is 2.17. The summed E-state index contributed by atoms with van der Waals surface area (Å²) in [6.45, 7) is 0.110. The van der Waals surface area contributed by atoms with Crippen LogP contribution in [0.1, 0.15) is 6.92 Å². The molecule has 0 heterocycles. The molecule has 0 aromatic carbocycles. The van der Waals surface area contributed by atoms with Crippen LogP contribution in [0.5, 0.6) is 0 Å². The van der Waals surface area contributed by atoms with Gasteiger partial charge in [-0.3, -0.25) is 14.9 Å². The van der Waals surface area contributed by atoms with E-state index in [1.807, 2.05) is 0 Å². The average molecular weight is 267 g/mol. The molecule has 0 spiro atoms. The van der Waals surface area contributed by atoms with Gasteiger partial charge in [-0.1, -0.05) is 0 Å². The van der Waals surface area contributed by atoms with E-state index < -0.39 is 48.9 Å². The molecule has 0 unspecified atom stereocenters. The van der Waals surface area contributed by atoms with Crippen molar-refractivity contribution in [3.8, 4) is 0 Å². The third-order valence-electron chi connectivity index (χ3n) is 2.17. The van der Waals surface area contributed by atoms with Crippen LogP contribution in [0.25, 0.3) is 0 Å². The lowest BCUT2D eigenvalue weighted by Gasteiger charge is -2.27. The maximum absolute atomic E-state index is 11.1. The standard InChI is InChI=1S/C9H17NO8/c1-3(12)10-9(18)8(17)7(16)6(15)5(14)4(13)2-11/h4-8,11,13-17H,2H2,1H3,(H,10,12,18)/t4-,5-,6+,7-,8-/m1/s1. The minimum Gasteiger partial charge on any atom is -0.394 e. The van der Waals surface area contributed by atoms with E-state index in [1.54, 1.807) is 5.32 Å². The molecule has 9 heteroatoms. The van der Waals surface area contributed by atoms with E-state index in [9.17, 15) is 30.0 Å². The highest BCUT2D eigenvalue weighted by Crippen LogP contribution is 2.08. The van der Waals surface area contributed by atoms with Crippen molar-refractivity contribution >= 4 is 11.8 Å². The monoisotopic (exact) mass is 267 g/mol. The summed E-state index contributed by atoms with van der Waals surface area (Å²) in [4.78, 5) is 21.6. The van der Waals surface area contributed by atoms with Crippen molar-refractivity contribution < 1.29 is 40.2 Å². The fourth-order valence-electron chi connectivity index (χ4n) is 1.13. The van der Waals surface area contributed by atoms with Crippen molar-refractivity contribution in [1.29, 1.82) is 0 Å². The zero-order chi connectivity index (χ0) is 14.5. The number of imide groups is 1. The molecule has 106 valence electrons. The molecule has 0 saturated heterocycles. The van der Waals surface area contributed by atoms with E-state index in [0.717, 1.165) is 6.92 Å². The number of carbonyl (C=O) groups excluding carboxylic acids is 2. The summed E-state index contributed by atoms with van der Waals surface area (Å²) in [6, 6.07) is 0. The average Bonchev–Trinajstić information content (AvgIpc) is 2.33. The second-order valence-corrected chi connectivity index (χ2v) is 3.71.